The Bertz CT molecular complexity index is 1920. The van der Waals surface area contributed by atoms with E-state index in [2.05, 4.69) is 4.98 Å². The summed E-state index contributed by atoms with van der Waals surface area (Å²) in [6.07, 6.45) is 2.79. The lowest BCUT2D eigenvalue weighted by Gasteiger charge is -2.11. The van der Waals surface area contributed by atoms with E-state index in [-0.39, 0.29) is 35.3 Å². The number of nitrogens with zero attached hydrogens (tertiary/aromatic N) is 3. The van der Waals surface area contributed by atoms with Gasteiger partial charge in [0, 0.05) is 34.6 Å². The molecular formula is C33H32F2N4O5S2. The Morgan fingerprint density at radius 3 is 2.59 bits per heavy atom. The fraction of sp³-hybridized carbons (Fsp3) is 0.242. The van der Waals surface area contributed by atoms with Crippen molar-refractivity contribution in [3.8, 4) is 33.3 Å². The molecule has 2 aromatic heterocycles. The highest BCUT2D eigenvalue weighted by molar-refractivity contribution is 7.79. The maximum absolute atomic E-state index is 15.3. The largest absolute Gasteiger partial charge is 0.612 e. The minimum absolute atomic E-state index is 0. The van der Waals surface area contributed by atoms with Crippen molar-refractivity contribution in [3.05, 3.63) is 100 Å². The Labute approximate surface area is 271 Å². The summed E-state index contributed by atoms with van der Waals surface area (Å²) in [5.41, 5.74) is 3.99. The van der Waals surface area contributed by atoms with Crippen LogP contribution in [0.2, 0.25) is 0 Å². The Morgan fingerprint density at radius 1 is 1.09 bits per heavy atom. The lowest BCUT2D eigenvalue weighted by atomic mass is 9.94. The Morgan fingerprint density at radius 2 is 1.89 bits per heavy atom. The van der Waals surface area contributed by atoms with E-state index < -0.39 is 28.7 Å². The summed E-state index contributed by atoms with van der Waals surface area (Å²) in [6.45, 7) is 1.92. The highest BCUT2D eigenvalue weighted by Crippen LogP contribution is 2.39. The zero-order valence-electron chi connectivity index (χ0n) is 25.2. The van der Waals surface area contributed by atoms with Gasteiger partial charge in [-0.05, 0) is 79.6 Å². The number of aromatic nitrogens is 3. The second-order valence-electron chi connectivity index (χ2n) is 10.7. The smallest absolute Gasteiger partial charge is 0.357 e. The molecule has 1 unspecified atom stereocenters. The lowest BCUT2D eigenvalue weighted by Crippen LogP contribution is -2.08. The van der Waals surface area contributed by atoms with E-state index in [1.807, 2.05) is 0 Å². The van der Waals surface area contributed by atoms with Gasteiger partial charge in [-0.15, -0.1) is 15.5 Å². The summed E-state index contributed by atoms with van der Waals surface area (Å²) in [4.78, 5) is 16.8. The normalized spacial score (nSPS) is 13.2. The van der Waals surface area contributed by atoms with E-state index in [0.717, 1.165) is 24.6 Å². The average Bonchev–Trinajstić information content (AvgIpc) is 3.60. The van der Waals surface area contributed by atoms with Gasteiger partial charge in [0.25, 0.3) is 0 Å². The molecule has 46 heavy (non-hydrogen) atoms. The van der Waals surface area contributed by atoms with Gasteiger partial charge in [0.2, 0.25) is 5.13 Å². The summed E-state index contributed by atoms with van der Waals surface area (Å²) >= 11 is -1.72. The van der Waals surface area contributed by atoms with Crippen LogP contribution < -0.4 is 10.9 Å². The molecule has 240 valence electrons. The van der Waals surface area contributed by atoms with Crippen LogP contribution in [0.4, 0.5) is 8.78 Å². The Balaban J connectivity index is 0.00000417. The van der Waals surface area contributed by atoms with E-state index in [1.165, 1.54) is 29.5 Å². The Hall–Kier alpha value is -4.30. The van der Waals surface area contributed by atoms with Crippen LogP contribution in [0.15, 0.2) is 70.9 Å². The zero-order valence-corrected chi connectivity index (χ0v) is 26.9. The average molecular weight is 667 g/mol. The third kappa shape index (κ3) is 6.92. The van der Waals surface area contributed by atoms with Crippen LogP contribution in [0, 0.1) is 17.6 Å². The molecule has 0 aliphatic heterocycles. The first-order valence-corrected chi connectivity index (χ1v) is 16.4. The van der Waals surface area contributed by atoms with Crippen molar-refractivity contribution in [3.63, 3.8) is 0 Å². The van der Waals surface area contributed by atoms with Gasteiger partial charge in [-0.2, -0.15) is 5.10 Å². The van der Waals surface area contributed by atoms with Crippen LogP contribution in [-0.4, -0.2) is 39.0 Å². The Kier molecular flexibility index (Phi) is 10.1. The van der Waals surface area contributed by atoms with Crippen molar-refractivity contribution in [2.75, 3.05) is 13.7 Å². The van der Waals surface area contributed by atoms with Crippen molar-refractivity contribution in [2.24, 2.45) is 5.92 Å². The van der Waals surface area contributed by atoms with Crippen molar-refractivity contribution in [2.45, 2.75) is 37.5 Å². The number of thiazole rings is 1. The minimum Gasteiger partial charge on any atom is -0.612 e. The molecule has 0 saturated heterocycles. The van der Waals surface area contributed by atoms with Crippen LogP contribution in [0.3, 0.4) is 0 Å². The van der Waals surface area contributed by atoms with Gasteiger partial charge in [0.1, 0.15) is 17.4 Å². The maximum atomic E-state index is 15.3. The fourth-order valence-electron chi connectivity index (χ4n) is 5.19. The number of hydrogen-bond acceptors (Lipinski definition) is 9. The number of halogens is 2. The van der Waals surface area contributed by atoms with Crippen LogP contribution >= 0.6 is 11.3 Å². The number of carbonyl (C=O) groups is 1. The summed E-state index contributed by atoms with van der Waals surface area (Å²) in [7, 11) is 1.54. The molecule has 1 saturated carbocycles. The van der Waals surface area contributed by atoms with Gasteiger partial charge in [0.05, 0.1) is 36.2 Å². The summed E-state index contributed by atoms with van der Waals surface area (Å²) in [6, 6.07) is 15.6. The van der Waals surface area contributed by atoms with Crippen LogP contribution in [0.1, 0.15) is 47.1 Å². The quantitative estimate of drug-likeness (QED) is 0.0901. The van der Waals surface area contributed by atoms with Crippen molar-refractivity contribution in [1.29, 1.82) is 0 Å². The first-order valence-electron chi connectivity index (χ1n) is 14.4. The molecule has 0 bridgehead atoms. The predicted molar refractivity (Wildman–Crippen MR) is 172 cm³/mol. The second-order valence-corrected chi connectivity index (χ2v) is 12.6. The molecule has 1 aliphatic carbocycles. The molecule has 1 atom stereocenters. The molecule has 9 nitrogen and oxygen atoms in total. The van der Waals surface area contributed by atoms with Gasteiger partial charge >= 0.3 is 5.97 Å². The van der Waals surface area contributed by atoms with Gasteiger partial charge in [0.15, 0.2) is 10.6 Å². The predicted octanol–water partition coefficient (Wildman–Crippen LogP) is 7.02. The number of thiol groups is 1. The van der Waals surface area contributed by atoms with E-state index >= 15 is 8.78 Å². The lowest BCUT2D eigenvalue weighted by molar-refractivity contribution is 0.0520. The third-order valence-electron chi connectivity index (χ3n) is 7.66. The summed E-state index contributed by atoms with van der Waals surface area (Å²) in [5.74, 6) is -0.657. The highest BCUT2D eigenvalue weighted by atomic mass is 32.2. The number of rotatable bonds is 11. The molecule has 3 aromatic carbocycles. The van der Waals surface area contributed by atoms with Crippen LogP contribution in [0.5, 0.6) is 5.75 Å². The van der Waals surface area contributed by atoms with E-state index in [9.17, 15) is 13.6 Å². The van der Waals surface area contributed by atoms with Gasteiger partial charge in [-0.3, -0.25) is 0 Å². The van der Waals surface area contributed by atoms with Gasteiger partial charge in [-0.1, -0.05) is 18.2 Å². The molecule has 13 heteroatoms. The van der Waals surface area contributed by atoms with E-state index in [1.54, 1.807) is 60.5 Å². The zero-order chi connectivity index (χ0) is 31.7. The van der Waals surface area contributed by atoms with Gasteiger partial charge < -0.3 is 20.2 Å². The SMILES string of the molecule is CCOC(=O)c1csc(-n2nc(-c3ccc(F)c(-c4cccc(OC)c4)c3)c(Cc3ccc([SH+](=O)[O-])cc3F)c2CC2CC2)n1.N. The van der Waals surface area contributed by atoms with Crippen molar-refractivity contribution < 1.29 is 31.8 Å². The topological polar surface area (TPSA) is 141 Å². The number of esters is 1. The molecule has 2 heterocycles. The fourth-order valence-corrected chi connectivity index (χ4v) is 6.38. The summed E-state index contributed by atoms with van der Waals surface area (Å²) in [5, 5.41) is 7.01. The third-order valence-corrected chi connectivity index (χ3v) is 9.18. The van der Waals surface area contributed by atoms with E-state index in [0.29, 0.717) is 51.2 Å². The number of hydrogen-bond donors (Lipinski definition) is 1. The number of ether oxygens (including phenoxy) is 2. The minimum atomic E-state index is -2.95. The van der Waals surface area contributed by atoms with Crippen molar-refractivity contribution in [1.82, 2.24) is 20.9 Å². The van der Waals surface area contributed by atoms with Crippen LogP contribution in [0.25, 0.3) is 27.5 Å². The molecule has 1 aliphatic rings. The first-order chi connectivity index (χ1) is 21.7. The molecule has 0 radical (unpaired) electrons. The molecule has 5 aromatic rings. The first kappa shape index (κ1) is 33.1. The summed E-state index contributed by atoms with van der Waals surface area (Å²) < 4.78 is 65.7. The maximum Gasteiger partial charge on any atom is 0.357 e. The monoisotopic (exact) mass is 666 g/mol. The molecule has 6 rings (SSSR count). The van der Waals surface area contributed by atoms with Crippen molar-refractivity contribution >= 4 is 28.4 Å². The van der Waals surface area contributed by atoms with E-state index in [4.69, 9.17) is 14.6 Å². The molecule has 0 spiro atoms. The highest BCUT2D eigenvalue weighted by Gasteiger charge is 2.30. The number of methoxy groups -OCH3 is 1. The number of carbonyl (C=O) groups excluding carboxylic acids is 1. The molecule has 3 N–H and O–H groups in total. The van der Waals surface area contributed by atoms with Gasteiger partial charge in [-0.25, -0.2) is 23.2 Å². The molecule has 1 fully saturated rings. The molecule has 0 amide bonds. The second kappa shape index (κ2) is 14.0. The number of benzene rings is 3. The van der Waals surface area contributed by atoms with Crippen LogP contribution in [-0.2, 0) is 32.9 Å². The standard InChI is InChI=1S/C33H29F2N3O5S2.H3N/c1-3-43-32(39)29-18-44-33(36-29)38-30(13-19-7-8-19)26(15-21-9-11-24(45(40)41)17-28(21)35)31(37-38)22-10-12-27(34)25(16-22)20-5-4-6-23(14-20)42-2;/h4-6,9-12,14,16-19,45H,3,7-8,13,15H2,1-2H3;1H3. The molecular weight excluding hydrogens is 635 g/mol.